The summed E-state index contributed by atoms with van der Waals surface area (Å²) in [4.78, 5) is 0. The van der Waals surface area contributed by atoms with Crippen molar-refractivity contribution in [1.29, 1.82) is 0 Å². The molecule has 5 heteroatoms. The van der Waals surface area contributed by atoms with Crippen molar-refractivity contribution in [3.05, 3.63) is 12.2 Å². The standard InChI is InChI=1S/C10H19OPS3/c1-7(2)8-4-5-10(3,9(13)6-8)11-12(14)15/h8-9,12-13H,1,4-6H2,2-3H3,(H,14,15)/t8-,9+,10+/m1/s1. The third-order valence-corrected chi connectivity index (χ3v) is 5.14. The zero-order valence-corrected chi connectivity index (χ0v) is 12.8. The lowest BCUT2D eigenvalue weighted by atomic mass is 9.77. The highest BCUT2D eigenvalue weighted by molar-refractivity contribution is 8.54. The Balaban J connectivity index is 2.66. The van der Waals surface area contributed by atoms with Gasteiger partial charge in [0.2, 0.25) is 0 Å². The first-order valence-electron chi connectivity index (χ1n) is 5.10. The summed E-state index contributed by atoms with van der Waals surface area (Å²) in [5, 5.41) is 0.239. The molecule has 1 fully saturated rings. The fourth-order valence-electron chi connectivity index (χ4n) is 2.03. The molecule has 1 unspecified atom stereocenters. The van der Waals surface area contributed by atoms with Gasteiger partial charge in [-0.1, -0.05) is 24.0 Å². The summed E-state index contributed by atoms with van der Waals surface area (Å²) in [6, 6.07) is 0. The molecule has 4 atom stereocenters. The summed E-state index contributed by atoms with van der Waals surface area (Å²) in [5.74, 6) is 0.588. The number of allylic oxidation sites excluding steroid dienone is 1. The normalized spacial score (nSPS) is 38.7. The van der Waals surface area contributed by atoms with E-state index < -0.39 is 6.13 Å². The monoisotopic (exact) mass is 282 g/mol. The molecule has 1 rings (SSSR count). The maximum Gasteiger partial charge on any atom is 0.105 e. The fourth-order valence-corrected chi connectivity index (χ4v) is 4.41. The smallest absolute Gasteiger partial charge is 0.105 e. The molecule has 15 heavy (non-hydrogen) atoms. The van der Waals surface area contributed by atoms with Gasteiger partial charge in [-0.3, -0.25) is 0 Å². The van der Waals surface area contributed by atoms with Gasteiger partial charge in [0.15, 0.2) is 0 Å². The predicted octanol–water partition coefficient (Wildman–Crippen LogP) is 3.87. The molecule has 0 aromatic heterocycles. The molecule has 1 nitrogen and oxygen atoms in total. The highest BCUT2D eigenvalue weighted by Crippen LogP contribution is 2.46. The van der Waals surface area contributed by atoms with E-state index in [2.05, 4.69) is 45.3 Å². The van der Waals surface area contributed by atoms with E-state index >= 15 is 0 Å². The maximum atomic E-state index is 5.79. The number of thiol groups is 2. The van der Waals surface area contributed by atoms with Crippen molar-refractivity contribution in [2.75, 3.05) is 0 Å². The van der Waals surface area contributed by atoms with E-state index in [4.69, 9.17) is 16.3 Å². The second-order valence-corrected chi connectivity index (χ2v) is 9.11. The Bertz CT molecular complexity index is 282. The van der Waals surface area contributed by atoms with Crippen LogP contribution >= 0.6 is 31.0 Å². The molecule has 88 valence electrons. The molecular formula is C10H19OPS3. The van der Waals surface area contributed by atoms with Crippen molar-refractivity contribution in [3.63, 3.8) is 0 Å². The number of hydrogen-bond donors (Lipinski definition) is 2. The summed E-state index contributed by atoms with van der Waals surface area (Å²) < 4.78 is 5.79. The van der Waals surface area contributed by atoms with Crippen LogP contribution in [0.25, 0.3) is 0 Å². The van der Waals surface area contributed by atoms with Crippen molar-refractivity contribution >= 4 is 42.8 Å². The molecule has 1 aliphatic carbocycles. The van der Waals surface area contributed by atoms with Crippen LogP contribution in [0.1, 0.15) is 33.1 Å². The fraction of sp³-hybridized carbons (Fsp3) is 0.800. The zero-order chi connectivity index (χ0) is 11.6. The van der Waals surface area contributed by atoms with Gasteiger partial charge in [0.05, 0.1) is 5.60 Å². The number of hydrogen-bond acceptors (Lipinski definition) is 3. The quantitative estimate of drug-likeness (QED) is 0.462. The molecule has 0 radical (unpaired) electrons. The Kier molecular flexibility index (Phi) is 5.26. The topological polar surface area (TPSA) is 9.23 Å². The summed E-state index contributed by atoms with van der Waals surface area (Å²) in [6.07, 6.45) is 1.81. The van der Waals surface area contributed by atoms with Gasteiger partial charge < -0.3 is 4.52 Å². The van der Waals surface area contributed by atoms with E-state index in [0.29, 0.717) is 5.92 Å². The van der Waals surface area contributed by atoms with Gasteiger partial charge in [-0.05, 0) is 39.0 Å². The Morgan fingerprint density at radius 3 is 2.67 bits per heavy atom. The van der Waals surface area contributed by atoms with Crippen LogP contribution < -0.4 is 0 Å². The van der Waals surface area contributed by atoms with E-state index in [-0.39, 0.29) is 10.9 Å². The lowest BCUT2D eigenvalue weighted by molar-refractivity contribution is 0.0640. The van der Waals surface area contributed by atoms with E-state index in [0.717, 1.165) is 19.3 Å². The number of rotatable bonds is 3. The van der Waals surface area contributed by atoms with Gasteiger partial charge in [0, 0.05) is 5.25 Å². The lowest BCUT2D eigenvalue weighted by Gasteiger charge is -2.42. The SMILES string of the molecule is C=C(C)[C@@H]1CC[C@](C)(O[PH](=S)S)[C@@H](S)C1. The van der Waals surface area contributed by atoms with Crippen molar-refractivity contribution in [2.24, 2.45) is 5.92 Å². The van der Waals surface area contributed by atoms with Crippen LogP contribution in [-0.2, 0) is 16.3 Å². The molecule has 0 spiro atoms. The third kappa shape index (κ3) is 3.78. The van der Waals surface area contributed by atoms with Crippen LogP contribution in [0.4, 0.5) is 0 Å². The van der Waals surface area contributed by atoms with Crippen molar-refractivity contribution in [2.45, 2.75) is 44.0 Å². The Labute approximate surface area is 109 Å². The minimum Gasteiger partial charge on any atom is -0.337 e. The van der Waals surface area contributed by atoms with Gasteiger partial charge in [0.1, 0.15) is 6.13 Å². The summed E-state index contributed by atoms with van der Waals surface area (Å²) in [6.45, 7) is 8.21. The van der Waals surface area contributed by atoms with Crippen LogP contribution in [0, 0.1) is 5.92 Å². The van der Waals surface area contributed by atoms with Crippen LogP contribution in [-0.4, -0.2) is 10.9 Å². The second-order valence-electron chi connectivity index (χ2n) is 4.51. The largest absolute Gasteiger partial charge is 0.337 e. The molecule has 0 heterocycles. The molecule has 1 saturated carbocycles. The van der Waals surface area contributed by atoms with E-state index in [1.807, 2.05) is 0 Å². The molecule has 0 aliphatic heterocycles. The molecule has 0 bridgehead atoms. The predicted molar refractivity (Wildman–Crippen MR) is 79.1 cm³/mol. The summed E-state index contributed by atoms with van der Waals surface area (Å²) in [7, 11) is 0. The van der Waals surface area contributed by atoms with Gasteiger partial charge in [-0.15, -0.1) is 12.2 Å². The molecule has 0 N–H and O–H groups in total. The van der Waals surface area contributed by atoms with Crippen LogP contribution in [0.2, 0.25) is 0 Å². The minimum atomic E-state index is -1.35. The highest BCUT2D eigenvalue weighted by atomic mass is 32.9. The molecule has 0 saturated heterocycles. The molecular weight excluding hydrogens is 263 g/mol. The van der Waals surface area contributed by atoms with Gasteiger partial charge >= 0.3 is 0 Å². The first kappa shape index (κ1) is 14.1. The van der Waals surface area contributed by atoms with Crippen LogP contribution in [0.15, 0.2) is 12.2 Å². The Hall–Kier alpha value is 1.05. The average molecular weight is 282 g/mol. The average Bonchev–Trinajstić information content (AvgIpc) is 2.08. The lowest BCUT2D eigenvalue weighted by Crippen LogP contribution is -2.42. The molecule has 0 aromatic carbocycles. The van der Waals surface area contributed by atoms with Gasteiger partial charge in [-0.25, -0.2) is 0 Å². The van der Waals surface area contributed by atoms with Crippen LogP contribution in [0.5, 0.6) is 0 Å². The Morgan fingerprint density at radius 2 is 2.27 bits per heavy atom. The Morgan fingerprint density at radius 1 is 1.67 bits per heavy atom. The first-order valence-corrected chi connectivity index (χ1v) is 9.45. The van der Waals surface area contributed by atoms with Gasteiger partial charge in [0.25, 0.3) is 0 Å². The molecule has 0 aromatic rings. The summed E-state index contributed by atoms with van der Waals surface area (Å²) in [5.41, 5.74) is 1.07. The van der Waals surface area contributed by atoms with Crippen molar-refractivity contribution < 1.29 is 4.52 Å². The molecule has 0 amide bonds. The van der Waals surface area contributed by atoms with Crippen molar-refractivity contribution in [1.82, 2.24) is 0 Å². The van der Waals surface area contributed by atoms with Crippen LogP contribution in [0.3, 0.4) is 0 Å². The second kappa shape index (κ2) is 5.59. The van der Waals surface area contributed by atoms with Gasteiger partial charge in [-0.2, -0.15) is 12.6 Å². The molecule has 1 aliphatic rings. The maximum absolute atomic E-state index is 5.79. The summed E-state index contributed by atoms with van der Waals surface area (Å²) >= 11 is 13.9. The highest BCUT2D eigenvalue weighted by Gasteiger charge is 2.39. The first-order chi connectivity index (χ1) is 6.85. The third-order valence-electron chi connectivity index (χ3n) is 3.22. The van der Waals surface area contributed by atoms with E-state index in [1.54, 1.807) is 0 Å². The zero-order valence-electron chi connectivity index (χ0n) is 9.19. The minimum absolute atomic E-state index is 0.188. The van der Waals surface area contributed by atoms with E-state index in [9.17, 15) is 0 Å². The van der Waals surface area contributed by atoms with Crippen molar-refractivity contribution in [3.8, 4) is 0 Å². The van der Waals surface area contributed by atoms with E-state index in [1.165, 1.54) is 5.57 Å².